The Kier molecular flexibility index (Phi) is 5.98. The molecule has 6 heteroatoms. The highest BCUT2D eigenvalue weighted by Crippen LogP contribution is 2.25. The van der Waals surface area contributed by atoms with Crippen LogP contribution in [0.5, 0.6) is 11.5 Å². The van der Waals surface area contributed by atoms with Gasteiger partial charge in [-0.1, -0.05) is 13.8 Å². The van der Waals surface area contributed by atoms with Gasteiger partial charge in [-0.3, -0.25) is 4.79 Å². The predicted octanol–water partition coefficient (Wildman–Crippen LogP) is 3.18. The first kappa shape index (κ1) is 19.2. The fourth-order valence-electron chi connectivity index (χ4n) is 2.64. The van der Waals surface area contributed by atoms with Crippen LogP contribution in [0, 0.1) is 0 Å². The first-order valence-corrected chi connectivity index (χ1v) is 9.29. The number of rotatable bonds is 8. The summed E-state index contributed by atoms with van der Waals surface area (Å²) in [5.41, 5.74) is 12.7. The third-order valence-corrected chi connectivity index (χ3v) is 4.59. The molecule has 6 nitrogen and oxygen atoms in total. The lowest BCUT2D eigenvalue weighted by atomic mass is 10.1. The highest BCUT2D eigenvalue weighted by atomic mass is 16.5. The van der Waals surface area contributed by atoms with Gasteiger partial charge < -0.3 is 25.4 Å². The molecule has 0 saturated carbocycles. The first-order chi connectivity index (χ1) is 13.0. The minimum Gasteiger partial charge on any atom is -0.492 e. The van der Waals surface area contributed by atoms with E-state index >= 15 is 0 Å². The van der Waals surface area contributed by atoms with E-state index in [4.69, 9.17) is 25.4 Å². The van der Waals surface area contributed by atoms with E-state index in [1.807, 2.05) is 13.8 Å². The molecule has 2 unspecified atom stereocenters. The average Bonchev–Trinajstić information content (AvgIpc) is 2.70. The first-order valence-electron chi connectivity index (χ1n) is 9.29. The second-order valence-electron chi connectivity index (χ2n) is 6.71. The van der Waals surface area contributed by atoms with Crippen molar-refractivity contribution in [2.24, 2.45) is 11.5 Å². The molecule has 0 amide bonds. The van der Waals surface area contributed by atoms with Gasteiger partial charge in [0.2, 0.25) is 5.43 Å². The van der Waals surface area contributed by atoms with Gasteiger partial charge in [-0.15, -0.1) is 0 Å². The third kappa shape index (κ3) is 4.40. The second-order valence-corrected chi connectivity index (χ2v) is 6.71. The Morgan fingerprint density at radius 3 is 1.70 bits per heavy atom. The Bertz CT molecular complexity index is 908. The van der Waals surface area contributed by atoms with Crippen LogP contribution in [0.25, 0.3) is 21.9 Å². The van der Waals surface area contributed by atoms with Crippen molar-refractivity contribution >= 4 is 21.9 Å². The fourth-order valence-corrected chi connectivity index (χ4v) is 2.64. The molecule has 3 rings (SSSR count). The topological polar surface area (TPSA) is 101 Å². The summed E-state index contributed by atoms with van der Waals surface area (Å²) in [4.78, 5) is 13.0. The van der Waals surface area contributed by atoms with Gasteiger partial charge in [-0.2, -0.15) is 0 Å². The van der Waals surface area contributed by atoms with Crippen molar-refractivity contribution in [2.75, 3.05) is 13.2 Å². The summed E-state index contributed by atoms with van der Waals surface area (Å²) in [5.74, 6) is 1.19. The Labute approximate surface area is 158 Å². The van der Waals surface area contributed by atoms with Gasteiger partial charge in [0, 0.05) is 12.1 Å². The van der Waals surface area contributed by atoms with Crippen molar-refractivity contribution in [3.63, 3.8) is 0 Å². The van der Waals surface area contributed by atoms with E-state index in [-0.39, 0.29) is 17.5 Å². The summed E-state index contributed by atoms with van der Waals surface area (Å²) in [6.07, 6.45) is 1.65. The molecule has 0 radical (unpaired) electrons. The van der Waals surface area contributed by atoms with Crippen LogP contribution in [-0.2, 0) is 0 Å². The minimum absolute atomic E-state index is 0.0390. The number of hydrogen-bond donors (Lipinski definition) is 2. The molecule has 0 aliphatic rings. The molecule has 4 N–H and O–H groups in total. The quantitative estimate of drug-likeness (QED) is 0.591. The van der Waals surface area contributed by atoms with Crippen LogP contribution < -0.4 is 26.4 Å². The van der Waals surface area contributed by atoms with Crippen LogP contribution in [0.15, 0.2) is 45.6 Å². The molecule has 0 saturated heterocycles. The molecule has 1 aromatic heterocycles. The lowest BCUT2D eigenvalue weighted by Crippen LogP contribution is -2.26. The Balaban J connectivity index is 1.94. The number of ether oxygens (including phenoxy) is 2. The van der Waals surface area contributed by atoms with E-state index in [2.05, 4.69) is 0 Å². The fraction of sp³-hybridized carbons (Fsp3) is 0.381. The standard InChI is InChI=1S/C21H26N2O4/c1-3-13(22)11-25-15-5-7-19-17(9-15)21(24)18-10-16(6-8-20(18)27-19)26-12-14(23)4-2/h5-10,13-14H,3-4,11-12,22-23H2,1-2H3. The number of hydrogen-bond acceptors (Lipinski definition) is 6. The van der Waals surface area contributed by atoms with Crippen LogP contribution in [0.1, 0.15) is 26.7 Å². The highest BCUT2D eigenvalue weighted by Gasteiger charge is 2.11. The monoisotopic (exact) mass is 370 g/mol. The van der Waals surface area contributed by atoms with Crippen molar-refractivity contribution in [2.45, 2.75) is 38.8 Å². The van der Waals surface area contributed by atoms with Crippen LogP contribution in [0.4, 0.5) is 0 Å². The van der Waals surface area contributed by atoms with Crippen molar-refractivity contribution in [1.82, 2.24) is 0 Å². The Morgan fingerprint density at radius 2 is 1.30 bits per heavy atom. The molecule has 144 valence electrons. The average molecular weight is 370 g/mol. The molecule has 3 aromatic rings. The van der Waals surface area contributed by atoms with E-state index in [1.54, 1.807) is 36.4 Å². The molecule has 0 spiro atoms. The van der Waals surface area contributed by atoms with Crippen LogP contribution in [0.3, 0.4) is 0 Å². The van der Waals surface area contributed by atoms with Crippen LogP contribution >= 0.6 is 0 Å². The Morgan fingerprint density at radius 1 is 0.852 bits per heavy atom. The minimum atomic E-state index is -0.123. The maximum atomic E-state index is 13.0. The lowest BCUT2D eigenvalue weighted by molar-refractivity contribution is 0.285. The smallest absolute Gasteiger partial charge is 0.200 e. The van der Waals surface area contributed by atoms with E-state index < -0.39 is 0 Å². The number of benzene rings is 2. The van der Waals surface area contributed by atoms with Crippen molar-refractivity contribution < 1.29 is 13.9 Å². The van der Waals surface area contributed by atoms with Gasteiger partial charge in [-0.05, 0) is 49.2 Å². The molecular weight excluding hydrogens is 344 g/mol. The predicted molar refractivity (Wildman–Crippen MR) is 108 cm³/mol. The zero-order chi connectivity index (χ0) is 19.4. The Hall–Kier alpha value is -2.57. The van der Waals surface area contributed by atoms with Crippen LogP contribution in [-0.4, -0.2) is 25.3 Å². The summed E-state index contributed by atoms with van der Waals surface area (Å²) >= 11 is 0. The second kappa shape index (κ2) is 8.41. The third-order valence-electron chi connectivity index (χ3n) is 4.59. The van der Waals surface area contributed by atoms with Gasteiger partial charge in [0.1, 0.15) is 35.9 Å². The summed E-state index contributed by atoms with van der Waals surface area (Å²) in [6.45, 7) is 4.80. The molecular formula is C21H26N2O4. The van der Waals surface area contributed by atoms with E-state index in [0.717, 1.165) is 12.8 Å². The van der Waals surface area contributed by atoms with E-state index in [9.17, 15) is 4.79 Å². The number of fused-ring (bicyclic) bond motifs is 2. The molecule has 0 aliphatic carbocycles. The molecule has 0 fully saturated rings. The highest BCUT2D eigenvalue weighted by molar-refractivity contribution is 5.90. The largest absolute Gasteiger partial charge is 0.492 e. The zero-order valence-electron chi connectivity index (χ0n) is 15.7. The molecule has 2 aromatic carbocycles. The number of nitrogens with two attached hydrogens (primary N) is 2. The van der Waals surface area contributed by atoms with E-state index in [1.165, 1.54) is 0 Å². The lowest BCUT2D eigenvalue weighted by Gasteiger charge is -2.12. The molecule has 2 atom stereocenters. The van der Waals surface area contributed by atoms with Gasteiger partial charge in [0.25, 0.3) is 0 Å². The molecule has 1 heterocycles. The van der Waals surface area contributed by atoms with Gasteiger partial charge >= 0.3 is 0 Å². The van der Waals surface area contributed by atoms with Crippen molar-refractivity contribution in [1.29, 1.82) is 0 Å². The van der Waals surface area contributed by atoms with Gasteiger partial charge in [-0.25, -0.2) is 0 Å². The van der Waals surface area contributed by atoms with Gasteiger partial charge in [0.05, 0.1) is 10.8 Å². The summed E-state index contributed by atoms with van der Waals surface area (Å²) in [7, 11) is 0. The normalized spacial score (nSPS) is 13.6. The van der Waals surface area contributed by atoms with Crippen molar-refractivity contribution in [3.8, 4) is 11.5 Å². The molecule has 27 heavy (non-hydrogen) atoms. The van der Waals surface area contributed by atoms with Crippen molar-refractivity contribution in [3.05, 3.63) is 46.6 Å². The summed E-state index contributed by atoms with van der Waals surface area (Å²) in [5, 5.41) is 0.931. The van der Waals surface area contributed by atoms with E-state index in [0.29, 0.717) is 46.7 Å². The van der Waals surface area contributed by atoms with Crippen LogP contribution in [0.2, 0.25) is 0 Å². The summed E-state index contributed by atoms with van der Waals surface area (Å²) < 4.78 is 17.3. The molecule has 0 bridgehead atoms. The molecule has 0 aliphatic heterocycles. The van der Waals surface area contributed by atoms with Gasteiger partial charge in [0.15, 0.2) is 0 Å². The maximum Gasteiger partial charge on any atom is 0.200 e. The zero-order valence-corrected chi connectivity index (χ0v) is 15.7. The maximum absolute atomic E-state index is 13.0. The summed E-state index contributed by atoms with van der Waals surface area (Å²) in [6, 6.07) is 10.4. The SMILES string of the molecule is CCC(N)COc1ccc2oc3ccc(OCC(N)CC)cc3c(=O)c2c1.